The van der Waals surface area contributed by atoms with Gasteiger partial charge in [-0.25, -0.2) is 9.50 Å². The number of piperidine rings is 1. The summed E-state index contributed by atoms with van der Waals surface area (Å²) in [6.45, 7) is 3.08. The molecule has 1 aromatic carbocycles. The second-order valence-corrected chi connectivity index (χ2v) is 7.10. The first-order valence-electron chi connectivity index (χ1n) is 8.21. The molecule has 1 unspecified atom stereocenters. The van der Waals surface area contributed by atoms with Crippen molar-refractivity contribution in [1.29, 1.82) is 0 Å². The third-order valence-electron chi connectivity index (χ3n) is 4.65. The van der Waals surface area contributed by atoms with Crippen molar-refractivity contribution in [2.24, 2.45) is 0 Å². The molecule has 6 heteroatoms. The highest BCUT2D eigenvalue weighted by Crippen LogP contribution is 2.32. The third kappa shape index (κ3) is 2.91. The summed E-state index contributed by atoms with van der Waals surface area (Å²) in [6.07, 6.45) is 4.09. The van der Waals surface area contributed by atoms with Gasteiger partial charge >= 0.3 is 0 Å². The molecule has 1 aliphatic rings. The van der Waals surface area contributed by atoms with Crippen LogP contribution < -0.4 is 0 Å². The van der Waals surface area contributed by atoms with Crippen molar-refractivity contribution in [1.82, 2.24) is 19.5 Å². The average molecular weight is 387 g/mol. The van der Waals surface area contributed by atoms with Crippen LogP contribution in [0.3, 0.4) is 0 Å². The van der Waals surface area contributed by atoms with Crippen molar-refractivity contribution in [3.8, 4) is 5.88 Å². The van der Waals surface area contributed by atoms with Crippen molar-refractivity contribution in [2.75, 3.05) is 13.1 Å². The van der Waals surface area contributed by atoms with Gasteiger partial charge in [-0.05, 0) is 46.9 Å². The highest BCUT2D eigenvalue weighted by atomic mass is 79.9. The van der Waals surface area contributed by atoms with E-state index in [1.54, 1.807) is 10.7 Å². The van der Waals surface area contributed by atoms with Crippen LogP contribution in [0.4, 0.5) is 0 Å². The molecule has 1 fully saturated rings. The minimum atomic E-state index is -0.00750. The molecule has 3 aromatic rings. The second-order valence-electron chi connectivity index (χ2n) is 6.30. The van der Waals surface area contributed by atoms with Gasteiger partial charge in [-0.15, -0.1) is 5.10 Å². The molecule has 24 heavy (non-hydrogen) atoms. The van der Waals surface area contributed by atoms with Gasteiger partial charge in [0.25, 0.3) is 0 Å². The second kappa shape index (κ2) is 6.53. The fraction of sp³-hybridized carbons (Fsp3) is 0.333. The van der Waals surface area contributed by atoms with Crippen LogP contribution in [-0.2, 0) is 6.54 Å². The molecule has 0 amide bonds. The molecule has 1 aliphatic heterocycles. The van der Waals surface area contributed by atoms with Crippen molar-refractivity contribution >= 4 is 21.6 Å². The summed E-state index contributed by atoms with van der Waals surface area (Å²) in [5, 5.41) is 14.1. The van der Waals surface area contributed by atoms with E-state index in [1.165, 1.54) is 5.56 Å². The monoisotopic (exact) mass is 386 g/mol. The molecule has 1 N–H and O–H groups in total. The van der Waals surface area contributed by atoms with Crippen molar-refractivity contribution in [3.63, 3.8) is 0 Å². The van der Waals surface area contributed by atoms with Crippen LogP contribution in [0.25, 0.3) is 5.65 Å². The Morgan fingerprint density at radius 2 is 2.04 bits per heavy atom. The standard InChI is InChI=1S/C18H19BrN4O/c19-16-17-20-9-8-15(23(17)21-18(16)24)14-7-4-10-22(12-14)11-13-5-2-1-3-6-13/h1-3,5-6,8-9,14H,4,7,10-12H2,(H,21,24). The SMILES string of the molecule is Oc1nn2c(C3CCCN(Cc4ccccc4)C3)ccnc2c1Br. The molecule has 0 spiro atoms. The van der Waals surface area contributed by atoms with Crippen LogP contribution >= 0.6 is 15.9 Å². The molecule has 124 valence electrons. The Bertz CT molecular complexity index is 849. The number of aromatic hydroxyl groups is 1. The van der Waals surface area contributed by atoms with E-state index in [2.05, 4.69) is 61.2 Å². The maximum absolute atomic E-state index is 9.88. The summed E-state index contributed by atoms with van der Waals surface area (Å²) >= 11 is 3.36. The van der Waals surface area contributed by atoms with Gasteiger partial charge in [-0.3, -0.25) is 4.90 Å². The van der Waals surface area contributed by atoms with E-state index in [1.807, 2.05) is 6.07 Å². The first-order chi connectivity index (χ1) is 11.7. The molecule has 1 saturated heterocycles. The summed E-state index contributed by atoms with van der Waals surface area (Å²) in [6, 6.07) is 12.6. The van der Waals surface area contributed by atoms with E-state index in [0.717, 1.165) is 38.2 Å². The Kier molecular flexibility index (Phi) is 4.24. The minimum Gasteiger partial charge on any atom is -0.491 e. The van der Waals surface area contributed by atoms with Gasteiger partial charge in [0, 0.05) is 25.2 Å². The number of hydrogen-bond donors (Lipinski definition) is 1. The number of aromatic nitrogens is 3. The Balaban J connectivity index is 1.59. The molecule has 2 aromatic heterocycles. The van der Waals surface area contributed by atoms with Gasteiger partial charge in [-0.1, -0.05) is 30.3 Å². The average Bonchev–Trinajstić information content (AvgIpc) is 2.91. The zero-order valence-electron chi connectivity index (χ0n) is 13.3. The van der Waals surface area contributed by atoms with Crippen molar-refractivity contribution in [3.05, 3.63) is 58.3 Å². The molecule has 0 aliphatic carbocycles. The number of nitrogens with zero attached hydrogens (tertiary/aromatic N) is 4. The Morgan fingerprint density at radius 3 is 2.88 bits per heavy atom. The van der Waals surface area contributed by atoms with Gasteiger partial charge in [0.1, 0.15) is 4.47 Å². The lowest BCUT2D eigenvalue weighted by molar-refractivity contribution is 0.197. The molecular formula is C18H19BrN4O. The zero-order valence-corrected chi connectivity index (χ0v) is 14.9. The number of fused-ring (bicyclic) bond motifs is 1. The van der Waals surface area contributed by atoms with E-state index in [4.69, 9.17) is 0 Å². The Labute approximate surface area is 149 Å². The minimum absolute atomic E-state index is 0.00750. The highest BCUT2D eigenvalue weighted by Gasteiger charge is 2.25. The molecular weight excluding hydrogens is 368 g/mol. The van der Waals surface area contributed by atoms with E-state index >= 15 is 0 Å². The molecule has 1 atom stereocenters. The van der Waals surface area contributed by atoms with Crippen LogP contribution in [-0.4, -0.2) is 37.7 Å². The molecule has 0 radical (unpaired) electrons. The summed E-state index contributed by atoms with van der Waals surface area (Å²) in [7, 11) is 0. The van der Waals surface area contributed by atoms with Gasteiger partial charge in [0.2, 0.25) is 5.88 Å². The molecule has 4 rings (SSSR count). The van der Waals surface area contributed by atoms with Crippen LogP contribution in [0.1, 0.15) is 30.0 Å². The normalized spacial score (nSPS) is 19.0. The maximum atomic E-state index is 9.88. The van der Waals surface area contributed by atoms with Crippen LogP contribution in [0.2, 0.25) is 0 Å². The molecule has 3 heterocycles. The van der Waals surface area contributed by atoms with Gasteiger partial charge < -0.3 is 5.11 Å². The van der Waals surface area contributed by atoms with E-state index in [0.29, 0.717) is 16.0 Å². The van der Waals surface area contributed by atoms with Crippen LogP contribution in [0.5, 0.6) is 5.88 Å². The number of rotatable bonds is 3. The fourth-order valence-electron chi connectivity index (χ4n) is 3.52. The molecule has 0 saturated carbocycles. The van der Waals surface area contributed by atoms with Crippen LogP contribution in [0.15, 0.2) is 47.1 Å². The topological polar surface area (TPSA) is 53.7 Å². The number of halogens is 1. The predicted molar refractivity (Wildman–Crippen MR) is 96.0 cm³/mol. The van der Waals surface area contributed by atoms with E-state index in [-0.39, 0.29) is 5.88 Å². The summed E-state index contributed by atoms with van der Waals surface area (Å²) in [5.74, 6) is 0.381. The summed E-state index contributed by atoms with van der Waals surface area (Å²) in [4.78, 5) is 6.82. The fourth-order valence-corrected chi connectivity index (χ4v) is 3.87. The van der Waals surface area contributed by atoms with Crippen LogP contribution in [0, 0.1) is 0 Å². The first-order valence-corrected chi connectivity index (χ1v) is 9.00. The quantitative estimate of drug-likeness (QED) is 0.747. The zero-order chi connectivity index (χ0) is 16.5. The van der Waals surface area contributed by atoms with Gasteiger partial charge in [0.15, 0.2) is 5.65 Å². The Hall–Kier alpha value is -1.92. The number of likely N-dealkylation sites (tertiary alicyclic amines) is 1. The molecule has 5 nitrogen and oxygen atoms in total. The highest BCUT2D eigenvalue weighted by molar-refractivity contribution is 9.10. The summed E-state index contributed by atoms with van der Waals surface area (Å²) in [5.41, 5.74) is 3.13. The summed E-state index contributed by atoms with van der Waals surface area (Å²) < 4.78 is 2.33. The maximum Gasteiger partial charge on any atom is 0.247 e. The van der Waals surface area contributed by atoms with E-state index < -0.39 is 0 Å². The number of benzene rings is 1. The number of hydrogen-bond acceptors (Lipinski definition) is 4. The molecule has 0 bridgehead atoms. The van der Waals surface area contributed by atoms with Gasteiger partial charge in [-0.2, -0.15) is 0 Å². The Morgan fingerprint density at radius 1 is 1.21 bits per heavy atom. The smallest absolute Gasteiger partial charge is 0.247 e. The lowest BCUT2D eigenvalue weighted by Gasteiger charge is -2.33. The van der Waals surface area contributed by atoms with Crippen molar-refractivity contribution < 1.29 is 5.11 Å². The van der Waals surface area contributed by atoms with E-state index in [9.17, 15) is 5.11 Å². The lowest BCUT2D eigenvalue weighted by atomic mass is 9.94. The lowest BCUT2D eigenvalue weighted by Crippen LogP contribution is -2.34. The van der Waals surface area contributed by atoms with Gasteiger partial charge in [0.05, 0.1) is 5.69 Å². The predicted octanol–water partition coefficient (Wildman–Crippen LogP) is 3.58. The third-order valence-corrected chi connectivity index (χ3v) is 5.36. The largest absolute Gasteiger partial charge is 0.491 e. The van der Waals surface area contributed by atoms with Crippen molar-refractivity contribution in [2.45, 2.75) is 25.3 Å². The first kappa shape index (κ1) is 15.6.